The molecule has 5 rings (SSSR count). The molecular weight excluding hydrogens is 504 g/mol. The van der Waals surface area contributed by atoms with Gasteiger partial charge in [-0.1, -0.05) is 17.7 Å². The van der Waals surface area contributed by atoms with E-state index in [1.807, 2.05) is 48.2 Å². The lowest BCUT2D eigenvalue weighted by atomic mass is 9.92. The summed E-state index contributed by atoms with van der Waals surface area (Å²) in [5, 5.41) is 12.0. The quantitative estimate of drug-likeness (QED) is 0.451. The van der Waals surface area contributed by atoms with E-state index in [9.17, 15) is 9.59 Å². The third kappa shape index (κ3) is 6.97. The van der Waals surface area contributed by atoms with Crippen LogP contribution in [0.3, 0.4) is 0 Å². The molecule has 0 bridgehead atoms. The van der Waals surface area contributed by atoms with Crippen molar-refractivity contribution >= 4 is 11.8 Å². The van der Waals surface area contributed by atoms with Gasteiger partial charge in [0.05, 0.1) is 23.3 Å². The normalized spacial score (nSPS) is 19.4. The molecule has 8 heteroatoms. The fourth-order valence-corrected chi connectivity index (χ4v) is 5.21. The molecule has 0 unspecified atom stereocenters. The standard InChI is InChI=1S/C32H34N4O4/c1-22-2-9-26(10-3-22)40-29-16-18-36(19-17-29)32(38)24-6-15-30(34-21-24)31(37)35-25-7-13-28(14-8-25)39-27-11-4-23(20-33)5-12-27/h2-6,9-12,15,21,25,28-29H,7-8,13-14,16-19H2,1H3,(H,35,37). The number of nitrogens with one attached hydrogen (secondary N) is 1. The Labute approximate surface area is 234 Å². The largest absolute Gasteiger partial charge is 0.490 e. The maximum atomic E-state index is 13.0. The number of amides is 2. The number of pyridine rings is 1. The molecular formula is C32H34N4O4. The first-order chi connectivity index (χ1) is 19.5. The van der Waals surface area contributed by atoms with E-state index in [4.69, 9.17) is 14.7 Å². The number of piperidine rings is 1. The maximum Gasteiger partial charge on any atom is 0.270 e. The highest BCUT2D eigenvalue weighted by Crippen LogP contribution is 2.25. The molecule has 1 saturated heterocycles. The highest BCUT2D eigenvalue weighted by Gasteiger charge is 2.26. The Morgan fingerprint density at radius 1 is 0.850 bits per heavy atom. The summed E-state index contributed by atoms with van der Waals surface area (Å²) >= 11 is 0. The molecule has 0 atom stereocenters. The van der Waals surface area contributed by atoms with Crippen molar-refractivity contribution in [1.82, 2.24) is 15.2 Å². The topological polar surface area (TPSA) is 105 Å². The number of nitrogens with zero attached hydrogens (tertiary/aromatic N) is 3. The van der Waals surface area contributed by atoms with Crippen LogP contribution in [0.25, 0.3) is 0 Å². The van der Waals surface area contributed by atoms with Gasteiger partial charge in [-0.05, 0) is 81.1 Å². The Bertz CT molecular complexity index is 1330. The fraction of sp³-hybridized carbons (Fsp3) is 0.375. The number of carbonyl (C=O) groups excluding carboxylic acids is 2. The fourth-order valence-electron chi connectivity index (χ4n) is 5.21. The lowest BCUT2D eigenvalue weighted by molar-refractivity contribution is 0.0594. The van der Waals surface area contributed by atoms with Gasteiger partial charge in [-0.15, -0.1) is 0 Å². The summed E-state index contributed by atoms with van der Waals surface area (Å²) in [5.74, 6) is 1.31. The summed E-state index contributed by atoms with van der Waals surface area (Å²) in [6.07, 6.45) is 6.51. The molecule has 1 aliphatic carbocycles. The van der Waals surface area contributed by atoms with Crippen LogP contribution in [0, 0.1) is 18.3 Å². The van der Waals surface area contributed by atoms with Gasteiger partial charge in [0.1, 0.15) is 23.3 Å². The number of ether oxygens (including phenoxy) is 2. The molecule has 206 valence electrons. The third-order valence-corrected chi connectivity index (χ3v) is 7.59. The molecule has 1 aromatic heterocycles. The van der Waals surface area contributed by atoms with Crippen LogP contribution in [0.4, 0.5) is 0 Å². The van der Waals surface area contributed by atoms with Crippen molar-refractivity contribution in [3.8, 4) is 17.6 Å². The molecule has 2 fully saturated rings. The van der Waals surface area contributed by atoms with Crippen LogP contribution in [0.15, 0.2) is 66.9 Å². The lowest BCUT2D eigenvalue weighted by Crippen LogP contribution is -2.42. The molecule has 2 aliphatic rings. The number of hydrogen-bond donors (Lipinski definition) is 1. The van der Waals surface area contributed by atoms with E-state index in [1.54, 1.807) is 24.3 Å². The van der Waals surface area contributed by atoms with Gasteiger partial charge in [-0.25, -0.2) is 0 Å². The van der Waals surface area contributed by atoms with E-state index in [0.29, 0.717) is 29.9 Å². The van der Waals surface area contributed by atoms with Crippen molar-refractivity contribution in [2.24, 2.45) is 0 Å². The summed E-state index contributed by atoms with van der Waals surface area (Å²) in [6.45, 7) is 3.29. The van der Waals surface area contributed by atoms with Crippen molar-refractivity contribution in [3.63, 3.8) is 0 Å². The van der Waals surface area contributed by atoms with E-state index < -0.39 is 0 Å². The van der Waals surface area contributed by atoms with Gasteiger partial charge in [0.25, 0.3) is 11.8 Å². The van der Waals surface area contributed by atoms with Crippen molar-refractivity contribution < 1.29 is 19.1 Å². The first kappa shape index (κ1) is 27.2. The number of likely N-dealkylation sites (tertiary alicyclic amines) is 1. The molecule has 3 aromatic rings. The minimum atomic E-state index is -0.232. The van der Waals surface area contributed by atoms with E-state index in [-0.39, 0.29) is 30.1 Å². The molecule has 1 aliphatic heterocycles. The maximum absolute atomic E-state index is 13.0. The predicted octanol–water partition coefficient (Wildman–Crippen LogP) is 5.07. The molecule has 2 heterocycles. The molecule has 2 aromatic carbocycles. The molecule has 8 nitrogen and oxygen atoms in total. The van der Waals surface area contributed by atoms with Crippen LogP contribution in [0.5, 0.6) is 11.5 Å². The van der Waals surface area contributed by atoms with Crippen molar-refractivity contribution in [1.29, 1.82) is 5.26 Å². The molecule has 1 saturated carbocycles. The second kappa shape index (κ2) is 12.6. The minimum absolute atomic E-state index is 0.0554. The Kier molecular flexibility index (Phi) is 8.60. The van der Waals surface area contributed by atoms with E-state index in [1.165, 1.54) is 11.8 Å². The average Bonchev–Trinajstić information content (AvgIpc) is 3.00. The Morgan fingerprint density at radius 2 is 1.45 bits per heavy atom. The van der Waals surface area contributed by atoms with Gasteiger partial charge in [0, 0.05) is 38.2 Å². The van der Waals surface area contributed by atoms with Crippen LogP contribution in [-0.4, -0.2) is 53.0 Å². The summed E-state index contributed by atoms with van der Waals surface area (Å²) in [5.41, 5.74) is 2.58. The Balaban J connectivity index is 1.05. The van der Waals surface area contributed by atoms with Gasteiger partial charge in [-0.2, -0.15) is 5.26 Å². The number of carbonyl (C=O) groups is 2. The summed E-state index contributed by atoms with van der Waals surface area (Å²) < 4.78 is 12.1. The highest BCUT2D eigenvalue weighted by molar-refractivity contribution is 5.96. The van der Waals surface area contributed by atoms with Crippen LogP contribution in [0.1, 0.15) is 70.5 Å². The number of aryl methyl sites for hydroxylation is 1. The van der Waals surface area contributed by atoms with Crippen molar-refractivity contribution in [2.75, 3.05) is 13.1 Å². The lowest BCUT2D eigenvalue weighted by Gasteiger charge is -2.32. The number of benzene rings is 2. The zero-order valence-electron chi connectivity index (χ0n) is 22.7. The summed E-state index contributed by atoms with van der Waals surface area (Å²) in [7, 11) is 0. The number of nitriles is 1. The number of aromatic nitrogens is 1. The number of rotatable bonds is 7. The van der Waals surface area contributed by atoms with Gasteiger partial charge in [0.15, 0.2) is 0 Å². The monoisotopic (exact) mass is 538 g/mol. The first-order valence-corrected chi connectivity index (χ1v) is 13.9. The third-order valence-electron chi connectivity index (χ3n) is 7.59. The zero-order chi connectivity index (χ0) is 27.9. The second-order valence-electron chi connectivity index (χ2n) is 10.6. The van der Waals surface area contributed by atoms with Gasteiger partial charge < -0.3 is 19.7 Å². The van der Waals surface area contributed by atoms with E-state index in [2.05, 4.69) is 16.4 Å². The van der Waals surface area contributed by atoms with E-state index in [0.717, 1.165) is 50.0 Å². The highest BCUT2D eigenvalue weighted by atomic mass is 16.5. The average molecular weight is 539 g/mol. The van der Waals surface area contributed by atoms with Crippen molar-refractivity contribution in [3.05, 3.63) is 89.2 Å². The SMILES string of the molecule is Cc1ccc(OC2CCN(C(=O)c3ccc(C(=O)NC4CCC(Oc5ccc(C#N)cc5)CC4)nc3)CC2)cc1. The first-order valence-electron chi connectivity index (χ1n) is 13.9. The van der Waals surface area contributed by atoms with Crippen LogP contribution in [0.2, 0.25) is 0 Å². The summed E-state index contributed by atoms with van der Waals surface area (Å²) in [4.78, 5) is 31.9. The molecule has 0 radical (unpaired) electrons. The van der Waals surface area contributed by atoms with Gasteiger partial charge in [0.2, 0.25) is 0 Å². The Hall–Kier alpha value is -4.38. The number of hydrogen-bond acceptors (Lipinski definition) is 6. The minimum Gasteiger partial charge on any atom is -0.490 e. The second-order valence-corrected chi connectivity index (χ2v) is 10.6. The van der Waals surface area contributed by atoms with Crippen LogP contribution in [-0.2, 0) is 0 Å². The molecule has 1 N–H and O–H groups in total. The smallest absolute Gasteiger partial charge is 0.270 e. The van der Waals surface area contributed by atoms with Crippen molar-refractivity contribution in [2.45, 2.75) is 63.7 Å². The molecule has 40 heavy (non-hydrogen) atoms. The van der Waals surface area contributed by atoms with Gasteiger partial charge in [-0.3, -0.25) is 14.6 Å². The molecule has 2 amide bonds. The Morgan fingerprint density at radius 3 is 2.02 bits per heavy atom. The molecule has 0 spiro atoms. The van der Waals surface area contributed by atoms with Crippen LogP contribution < -0.4 is 14.8 Å². The van der Waals surface area contributed by atoms with Crippen LogP contribution >= 0.6 is 0 Å². The van der Waals surface area contributed by atoms with Gasteiger partial charge >= 0.3 is 0 Å². The van der Waals surface area contributed by atoms with E-state index >= 15 is 0 Å². The predicted molar refractivity (Wildman–Crippen MR) is 150 cm³/mol. The summed E-state index contributed by atoms with van der Waals surface area (Å²) in [6, 6.07) is 20.6. The zero-order valence-corrected chi connectivity index (χ0v) is 22.7.